The van der Waals surface area contributed by atoms with Gasteiger partial charge >= 0.3 is 0 Å². The lowest BCUT2D eigenvalue weighted by molar-refractivity contribution is 1.17. The number of aromatic nitrogens is 2. The zero-order valence-corrected chi connectivity index (χ0v) is 36.1. The van der Waals surface area contributed by atoms with Crippen LogP contribution < -0.4 is 0 Å². The number of para-hydroxylation sites is 3. The molecule has 2 heterocycles. The molecule has 11 aromatic rings. The van der Waals surface area contributed by atoms with Gasteiger partial charge in [-0.25, -0.2) is 0 Å². The van der Waals surface area contributed by atoms with Crippen molar-refractivity contribution in [1.29, 1.82) is 5.26 Å². The number of hydrogen-bond acceptors (Lipinski definition) is 1. The number of benzene rings is 9. The molecular formula is C61H47N3. The van der Waals surface area contributed by atoms with Gasteiger partial charge in [0.25, 0.3) is 0 Å². The van der Waals surface area contributed by atoms with E-state index in [1.54, 1.807) is 12.2 Å². The van der Waals surface area contributed by atoms with Crippen molar-refractivity contribution in [1.82, 2.24) is 9.13 Å². The Morgan fingerprint density at radius 3 is 1.08 bits per heavy atom. The molecule has 0 unspecified atom stereocenters. The molecule has 9 aromatic carbocycles. The second kappa shape index (κ2) is 18.3. The van der Waals surface area contributed by atoms with Crippen LogP contribution in [0.2, 0.25) is 0 Å². The van der Waals surface area contributed by atoms with Gasteiger partial charge in [-0.05, 0) is 72.5 Å². The molecule has 2 aromatic heterocycles. The van der Waals surface area contributed by atoms with Crippen LogP contribution in [0, 0.1) is 11.3 Å². The highest BCUT2D eigenvalue weighted by molar-refractivity contribution is 6.29. The molecule has 0 aliphatic rings. The first-order chi connectivity index (χ1) is 31.6. The summed E-state index contributed by atoms with van der Waals surface area (Å²) in [5.74, 6) is 0. The molecule has 0 spiro atoms. The molecule has 0 bridgehead atoms. The number of nitriles is 1. The van der Waals surface area contributed by atoms with Crippen LogP contribution in [0.4, 0.5) is 0 Å². The summed E-state index contributed by atoms with van der Waals surface area (Å²) in [6.07, 6.45) is 3.50. The molecule has 11 rings (SSSR count). The predicted octanol–water partition coefficient (Wildman–Crippen LogP) is 16.8. The Kier molecular flexibility index (Phi) is 11.7. The Morgan fingerprint density at radius 2 is 0.688 bits per heavy atom. The third-order valence-corrected chi connectivity index (χ3v) is 11.5. The molecule has 0 amide bonds. The van der Waals surface area contributed by atoms with Crippen LogP contribution in [0.15, 0.2) is 238 Å². The first kappa shape index (κ1) is 40.9. The second-order valence-corrected chi connectivity index (χ2v) is 15.5. The molecule has 0 fully saturated rings. The maximum Gasteiger partial charge on any atom is 0.100 e. The minimum atomic E-state index is 0.646. The van der Waals surface area contributed by atoms with Gasteiger partial charge in [0.05, 0.1) is 33.3 Å². The van der Waals surface area contributed by atoms with E-state index in [9.17, 15) is 5.26 Å². The van der Waals surface area contributed by atoms with E-state index in [-0.39, 0.29) is 0 Å². The van der Waals surface area contributed by atoms with Crippen LogP contribution in [0.3, 0.4) is 0 Å². The van der Waals surface area contributed by atoms with Crippen LogP contribution in [0.1, 0.15) is 19.4 Å². The molecular weight excluding hydrogens is 775 g/mol. The zero-order chi connectivity index (χ0) is 44.0. The highest BCUT2D eigenvalue weighted by Crippen LogP contribution is 2.53. The van der Waals surface area contributed by atoms with Crippen molar-refractivity contribution in [2.24, 2.45) is 0 Å². The SMILES string of the molecule is C=CC.C=CC.N#Cc1c(-c2ccccc2)c(-c2ccccc2)c(-n2c3ccccc3c3c4c5ccccc5n(-c5ccccc5)c4ccc32)c(-c2ccccc2)c1-c1ccccc1. The quantitative estimate of drug-likeness (QED) is 0.154. The van der Waals surface area contributed by atoms with Crippen molar-refractivity contribution in [3.8, 4) is 62.0 Å². The Labute approximate surface area is 375 Å². The van der Waals surface area contributed by atoms with Crippen molar-refractivity contribution >= 4 is 43.6 Å². The van der Waals surface area contributed by atoms with Crippen LogP contribution in [-0.2, 0) is 0 Å². The van der Waals surface area contributed by atoms with Crippen molar-refractivity contribution in [3.63, 3.8) is 0 Å². The third kappa shape index (κ3) is 7.08. The van der Waals surface area contributed by atoms with E-state index in [1.165, 1.54) is 27.1 Å². The van der Waals surface area contributed by atoms with Crippen LogP contribution >= 0.6 is 0 Å². The van der Waals surface area contributed by atoms with E-state index in [0.29, 0.717) is 5.56 Å². The Bertz CT molecular complexity index is 3350. The summed E-state index contributed by atoms with van der Waals surface area (Å²) in [6.45, 7) is 10.5. The summed E-state index contributed by atoms with van der Waals surface area (Å²) in [5, 5.41) is 16.3. The average Bonchev–Trinajstić information content (AvgIpc) is 3.87. The van der Waals surface area contributed by atoms with E-state index in [0.717, 1.165) is 72.4 Å². The van der Waals surface area contributed by atoms with E-state index in [2.05, 4.69) is 229 Å². The molecule has 0 aliphatic heterocycles. The molecule has 0 N–H and O–H groups in total. The molecule has 0 radical (unpaired) electrons. The summed E-state index contributed by atoms with van der Waals surface area (Å²) >= 11 is 0. The smallest absolute Gasteiger partial charge is 0.100 e. The van der Waals surface area contributed by atoms with Gasteiger partial charge in [0, 0.05) is 49.5 Å². The number of nitrogens with zero attached hydrogens (tertiary/aromatic N) is 3. The van der Waals surface area contributed by atoms with Gasteiger partial charge in [0.15, 0.2) is 0 Å². The first-order valence-corrected chi connectivity index (χ1v) is 21.7. The first-order valence-electron chi connectivity index (χ1n) is 21.7. The van der Waals surface area contributed by atoms with Crippen molar-refractivity contribution in [2.75, 3.05) is 0 Å². The van der Waals surface area contributed by atoms with Crippen LogP contribution in [0.25, 0.3) is 99.5 Å². The predicted molar refractivity (Wildman–Crippen MR) is 273 cm³/mol. The van der Waals surface area contributed by atoms with Gasteiger partial charge in [-0.1, -0.05) is 188 Å². The summed E-state index contributed by atoms with van der Waals surface area (Å²) in [5.41, 5.74) is 15.2. The molecule has 0 saturated heterocycles. The fraction of sp³-hybridized carbons (Fsp3) is 0.0328. The molecule has 0 saturated carbocycles. The Balaban J connectivity index is 0.000000821. The standard InChI is InChI=1S/C55H35N3.2C3H6/c56-36-44-49(37-20-6-1-7-21-37)51(39-24-10-3-11-25-39)55(52(40-26-12-4-13-27-40)50(44)38-22-8-2-9-23-38)58-46-33-19-17-31-43(46)54-48(58)35-34-47-53(54)42-30-16-18-32-45(42)57(47)41-28-14-5-15-29-41;2*1-3-2/h1-35H;2*3H,1H2,2H3. The largest absolute Gasteiger partial charge is 0.309 e. The average molecular weight is 822 g/mol. The van der Waals surface area contributed by atoms with Gasteiger partial charge < -0.3 is 9.13 Å². The number of hydrogen-bond donors (Lipinski definition) is 0. The summed E-state index contributed by atoms with van der Waals surface area (Å²) in [4.78, 5) is 0. The van der Waals surface area contributed by atoms with E-state index >= 15 is 0 Å². The van der Waals surface area contributed by atoms with Crippen molar-refractivity contribution in [2.45, 2.75) is 13.8 Å². The van der Waals surface area contributed by atoms with Gasteiger partial charge in [0.1, 0.15) is 6.07 Å². The van der Waals surface area contributed by atoms with E-state index in [4.69, 9.17) is 0 Å². The molecule has 64 heavy (non-hydrogen) atoms. The van der Waals surface area contributed by atoms with Gasteiger partial charge in [0.2, 0.25) is 0 Å². The topological polar surface area (TPSA) is 33.6 Å². The third-order valence-electron chi connectivity index (χ3n) is 11.5. The molecule has 0 aliphatic carbocycles. The Hall–Kier alpha value is -8.45. The van der Waals surface area contributed by atoms with Crippen LogP contribution in [-0.4, -0.2) is 9.13 Å². The Morgan fingerprint density at radius 1 is 0.375 bits per heavy atom. The number of rotatable bonds is 6. The lowest BCUT2D eigenvalue weighted by atomic mass is 9.79. The van der Waals surface area contributed by atoms with E-state index in [1.807, 2.05) is 26.0 Å². The van der Waals surface area contributed by atoms with E-state index < -0.39 is 0 Å². The molecule has 3 nitrogen and oxygen atoms in total. The number of allylic oxidation sites excluding steroid dienone is 2. The fourth-order valence-electron chi connectivity index (χ4n) is 9.25. The van der Waals surface area contributed by atoms with Gasteiger partial charge in [-0.15, -0.1) is 13.2 Å². The lowest BCUT2D eigenvalue weighted by Crippen LogP contribution is -2.07. The maximum absolute atomic E-state index is 11.5. The zero-order valence-electron chi connectivity index (χ0n) is 36.1. The van der Waals surface area contributed by atoms with Gasteiger partial charge in [-0.3, -0.25) is 0 Å². The maximum atomic E-state index is 11.5. The fourth-order valence-corrected chi connectivity index (χ4v) is 9.25. The number of fused-ring (bicyclic) bond motifs is 7. The minimum absolute atomic E-state index is 0.646. The molecule has 3 heteroatoms. The summed E-state index contributed by atoms with van der Waals surface area (Å²) in [7, 11) is 0. The summed E-state index contributed by atoms with van der Waals surface area (Å²) < 4.78 is 4.88. The van der Waals surface area contributed by atoms with Crippen molar-refractivity contribution in [3.05, 3.63) is 243 Å². The van der Waals surface area contributed by atoms with Crippen molar-refractivity contribution < 1.29 is 0 Å². The molecule has 0 atom stereocenters. The lowest BCUT2D eigenvalue weighted by Gasteiger charge is -2.27. The highest BCUT2D eigenvalue weighted by Gasteiger charge is 2.31. The minimum Gasteiger partial charge on any atom is -0.309 e. The highest BCUT2D eigenvalue weighted by atomic mass is 15.0. The molecule has 306 valence electrons. The monoisotopic (exact) mass is 821 g/mol. The second-order valence-electron chi connectivity index (χ2n) is 15.5. The van der Waals surface area contributed by atoms with Crippen LogP contribution in [0.5, 0.6) is 0 Å². The van der Waals surface area contributed by atoms with Gasteiger partial charge in [-0.2, -0.15) is 5.26 Å². The normalized spacial score (nSPS) is 10.8. The summed E-state index contributed by atoms with van der Waals surface area (Å²) in [6, 6.07) is 77.8.